The lowest BCUT2D eigenvalue weighted by Crippen LogP contribution is -2.46. The number of carbonyl (C=O) groups is 4. The minimum Gasteiger partial charge on any atom is -0.452 e. The van der Waals surface area contributed by atoms with E-state index in [0.29, 0.717) is 17.9 Å². The number of esters is 1. The number of hydrogen-bond acceptors (Lipinski definition) is 5. The maximum absolute atomic E-state index is 12.9. The molecule has 0 radical (unpaired) electrons. The molecule has 0 aliphatic rings. The lowest BCUT2D eigenvalue weighted by molar-refractivity contribution is -0.140. The number of anilines is 2. The van der Waals surface area contributed by atoms with E-state index in [1.54, 1.807) is 4.90 Å². The summed E-state index contributed by atoms with van der Waals surface area (Å²) in [5.41, 5.74) is 1.22. The third-order valence-corrected chi connectivity index (χ3v) is 4.43. The van der Waals surface area contributed by atoms with Crippen molar-refractivity contribution in [2.24, 2.45) is 0 Å². The van der Waals surface area contributed by atoms with Crippen molar-refractivity contribution in [1.29, 1.82) is 0 Å². The molecule has 32 heavy (non-hydrogen) atoms. The zero-order valence-corrected chi connectivity index (χ0v) is 19.0. The van der Waals surface area contributed by atoms with Crippen molar-refractivity contribution < 1.29 is 23.9 Å². The number of nitrogens with zero attached hydrogens (tertiary/aromatic N) is 1. The zero-order chi connectivity index (χ0) is 23.9. The quantitative estimate of drug-likeness (QED) is 0.642. The van der Waals surface area contributed by atoms with Gasteiger partial charge in [0.2, 0.25) is 11.8 Å². The highest BCUT2D eigenvalue weighted by molar-refractivity contribution is 5.98. The maximum atomic E-state index is 12.9. The minimum absolute atomic E-state index is 0.0955. The van der Waals surface area contributed by atoms with Gasteiger partial charge in [-0.3, -0.25) is 14.4 Å². The van der Waals surface area contributed by atoms with Crippen molar-refractivity contribution in [2.75, 3.05) is 17.2 Å². The maximum Gasteiger partial charge on any atom is 0.338 e. The molecule has 0 aliphatic heterocycles. The van der Waals surface area contributed by atoms with Gasteiger partial charge in [-0.15, -0.1) is 0 Å². The SMILES string of the molecule is CC(=O)Nc1cc(NC(C)=O)cc(C(=O)OCC(=O)N(Cc2ccccc2)C(C)(C)C)c1. The molecule has 0 aliphatic carbocycles. The molecule has 0 bridgehead atoms. The summed E-state index contributed by atoms with van der Waals surface area (Å²) in [5, 5.41) is 5.14. The monoisotopic (exact) mass is 439 g/mol. The molecule has 8 heteroatoms. The van der Waals surface area contributed by atoms with Gasteiger partial charge in [0, 0.05) is 37.3 Å². The largest absolute Gasteiger partial charge is 0.452 e. The molecule has 8 nitrogen and oxygen atoms in total. The third-order valence-electron chi connectivity index (χ3n) is 4.43. The molecular weight excluding hydrogens is 410 g/mol. The molecule has 3 amide bonds. The number of rotatable bonds is 7. The van der Waals surface area contributed by atoms with Crippen LogP contribution in [0.3, 0.4) is 0 Å². The van der Waals surface area contributed by atoms with Crippen molar-refractivity contribution in [3.63, 3.8) is 0 Å². The lowest BCUT2D eigenvalue weighted by Gasteiger charge is -2.35. The Kier molecular flexibility index (Phi) is 8.12. The second-order valence-corrected chi connectivity index (χ2v) is 8.37. The molecule has 0 saturated carbocycles. The molecule has 0 saturated heterocycles. The van der Waals surface area contributed by atoms with E-state index in [9.17, 15) is 19.2 Å². The predicted octanol–water partition coefficient (Wildman–Crippen LogP) is 3.59. The second kappa shape index (κ2) is 10.6. The van der Waals surface area contributed by atoms with Crippen LogP contribution in [0.15, 0.2) is 48.5 Å². The lowest BCUT2D eigenvalue weighted by atomic mass is 10.0. The van der Waals surface area contributed by atoms with Crippen molar-refractivity contribution in [2.45, 2.75) is 46.7 Å². The molecule has 2 N–H and O–H groups in total. The highest BCUT2D eigenvalue weighted by atomic mass is 16.5. The minimum atomic E-state index is -0.745. The van der Waals surface area contributed by atoms with Gasteiger partial charge in [0.1, 0.15) is 0 Å². The van der Waals surface area contributed by atoms with Crippen molar-refractivity contribution >= 4 is 35.1 Å². The van der Waals surface area contributed by atoms with E-state index < -0.39 is 18.1 Å². The summed E-state index contributed by atoms with van der Waals surface area (Å²) in [4.78, 5) is 50.0. The van der Waals surface area contributed by atoms with E-state index in [1.807, 2.05) is 51.1 Å². The van der Waals surface area contributed by atoms with Gasteiger partial charge in [-0.25, -0.2) is 4.79 Å². The van der Waals surface area contributed by atoms with Crippen LogP contribution in [0.2, 0.25) is 0 Å². The number of carbonyl (C=O) groups excluding carboxylic acids is 4. The van der Waals surface area contributed by atoms with Crippen molar-refractivity contribution in [3.05, 3.63) is 59.7 Å². The average Bonchev–Trinajstić information content (AvgIpc) is 2.68. The first-order valence-corrected chi connectivity index (χ1v) is 10.2. The molecule has 0 heterocycles. The molecule has 0 fully saturated rings. The second-order valence-electron chi connectivity index (χ2n) is 8.37. The van der Waals surface area contributed by atoms with Gasteiger partial charge in [0.05, 0.1) is 5.56 Å². The van der Waals surface area contributed by atoms with E-state index in [0.717, 1.165) is 5.56 Å². The van der Waals surface area contributed by atoms with E-state index in [2.05, 4.69) is 10.6 Å². The average molecular weight is 440 g/mol. The van der Waals surface area contributed by atoms with E-state index in [-0.39, 0.29) is 23.3 Å². The molecular formula is C24H29N3O5. The number of amides is 3. The van der Waals surface area contributed by atoms with Crippen LogP contribution < -0.4 is 10.6 Å². The van der Waals surface area contributed by atoms with Gasteiger partial charge in [-0.1, -0.05) is 30.3 Å². The fourth-order valence-corrected chi connectivity index (χ4v) is 3.05. The molecule has 170 valence electrons. The molecule has 0 unspecified atom stereocenters. The summed E-state index contributed by atoms with van der Waals surface area (Å²) in [6, 6.07) is 13.9. The van der Waals surface area contributed by atoms with E-state index >= 15 is 0 Å². The molecule has 0 spiro atoms. The number of hydrogen-bond donors (Lipinski definition) is 2. The number of ether oxygens (including phenoxy) is 1. The van der Waals surface area contributed by atoms with Gasteiger partial charge in [-0.05, 0) is 44.5 Å². The molecule has 0 aromatic heterocycles. The summed E-state index contributed by atoms with van der Waals surface area (Å²) in [6.45, 7) is 8.32. The summed E-state index contributed by atoms with van der Waals surface area (Å²) in [7, 11) is 0. The Morgan fingerprint density at radius 2 is 1.41 bits per heavy atom. The van der Waals surface area contributed by atoms with Gasteiger partial charge in [0.25, 0.3) is 5.91 Å². The van der Waals surface area contributed by atoms with Crippen LogP contribution in [-0.4, -0.2) is 40.7 Å². The van der Waals surface area contributed by atoms with E-state index in [4.69, 9.17) is 4.74 Å². The first kappa shape index (κ1) is 24.6. The summed E-state index contributed by atoms with van der Waals surface area (Å²) in [6.07, 6.45) is 0. The first-order valence-electron chi connectivity index (χ1n) is 10.2. The van der Waals surface area contributed by atoms with Crippen molar-refractivity contribution in [1.82, 2.24) is 4.90 Å². The van der Waals surface area contributed by atoms with Gasteiger partial charge in [0.15, 0.2) is 6.61 Å². The highest BCUT2D eigenvalue weighted by Crippen LogP contribution is 2.21. The fourth-order valence-electron chi connectivity index (χ4n) is 3.05. The van der Waals surface area contributed by atoms with E-state index in [1.165, 1.54) is 32.0 Å². The third kappa shape index (κ3) is 7.54. The predicted molar refractivity (Wildman–Crippen MR) is 122 cm³/mol. The Bertz CT molecular complexity index is 962. The molecule has 0 atom stereocenters. The summed E-state index contributed by atoms with van der Waals surface area (Å²) < 4.78 is 5.27. The number of nitrogens with one attached hydrogen (secondary N) is 2. The molecule has 2 rings (SSSR count). The van der Waals surface area contributed by atoms with Crippen LogP contribution in [0.1, 0.15) is 50.5 Å². The fraction of sp³-hybridized carbons (Fsp3) is 0.333. The smallest absolute Gasteiger partial charge is 0.338 e. The Labute approximate surface area is 187 Å². The van der Waals surface area contributed by atoms with Crippen LogP contribution >= 0.6 is 0 Å². The highest BCUT2D eigenvalue weighted by Gasteiger charge is 2.27. The molecule has 2 aromatic carbocycles. The van der Waals surface area contributed by atoms with Crippen LogP contribution in [0.4, 0.5) is 11.4 Å². The summed E-state index contributed by atoms with van der Waals surface area (Å²) in [5.74, 6) is -1.75. The van der Waals surface area contributed by atoms with Gasteiger partial charge >= 0.3 is 5.97 Å². The Hall–Kier alpha value is -3.68. The van der Waals surface area contributed by atoms with Gasteiger partial charge < -0.3 is 20.3 Å². The van der Waals surface area contributed by atoms with Crippen LogP contribution in [0.5, 0.6) is 0 Å². The van der Waals surface area contributed by atoms with Crippen LogP contribution in [0, 0.1) is 0 Å². The zero-order valence-electron chi connectivity index (χ0n) is 19.0. The Morgan fingerprint density at radius 3 is 1.88 bits per heavy atom. The normalized spacial score (nSPS) is 10.8. The summed E-state index contributed by atoms with van der Waals surface area (Å²) >= 11 is 0. The first-order chi connectivity index (χ1) is 15.0. The van der Waals surface area contributed by atoms with Gasteiger partial charge in [-0.2, -0.15) is 0 Å². The number of benzene rings is 2. The Morgan fingerprint density at radius 1 is 0.875 bits per heavy atom. The Balaban J connectivity index is 2.15. The van der Waals surface area contributed by atoms with Crippen LogP contribution in [0.25, 0.3) is 0 Å². The van der Waals surface area contributed by atoms with Crippen molar-refractivity contribution in [3.8, 4) is 0 Å². The molecule has 2 aromatic rings. The topological polar surface area (TPSA) is 105 Å². The standard InChI is InChI=1S/C24H29N3O5/c1-16(28)25-20-11-19(12-21(13-20)26-17(2)29)23(31)32-15-22(30)27(24(3,4)5)14-18-9-7-6-8-10-18/h6-13H,14-15H2,1-5H3,(H,25,28)(H,26,29). The van der Waals surface area contributed by atoms with Crippen LogP contribution in [-0.2, 0) is 25.7 Å².